The summed E-state index contributed by atoms with van der Waals surface area (Å²) in [6, 6.07) is 16.4. The summed E-state index contributed by atoms with van der Waals surface area (Å²) in [5.41, 5.74) is 2.25. The lowest BCUT2D eigenvalue weighted by molar-refractivity contribution is 0.102. The number of hydrogen-bond donors (Lipinski definition) is 2. The van der Waals surface area contributed by atoms with E-state index in [4.69, 9.17) is 0 Å². The van der Waals surface area contributed by atoms with Gasteiger partial charge in [0, 0.05) is 11.9 Å². The van der Waals surface area contributed by atoms with Gasteiger partial charge in [-0.2, -0.15) is 0 Å². The number of nitrogens with zero attached hydrogens (tertiary/aromatic N) is 1. The molecule has 2 aromatic heterocycles. The zero-order valence-electron chi connectivity index (χ0n) is 13.2. The number of aromatic amines is 1. The van der Waals surface area contributed by atoms with E-state index < -0.39 is 11.5 Å². The fraction of sp³-hybridized carbons (Fsp3) is 0.105. The number of aromatic nitrogens is 2. The lowest BCUT2D eigenvalue weighted by Gasteiger charge is -2.06. The normalized spacial score (nSPS) is 10.4. The molecule has 0 unspecified atom stereocenters. The van der Waals surface area contributed by atoms with Crippen LogP contribution in [0, 0.1) is 0 Å². The lowest BCUT2D eigenvalue weighted by atomic mass is 10.1. The zero-order chi connectivity index (χ0) is 16.9. The van der Waals surface area contributed by atoms with Gasteiger partial charge in [-0.1, -0.05) is 37.3 Å². The first-order valence-corrected chi connectivity index (χ1v) is 7.72. The lowest BCUT2D eigenvalue weighted by Crippen LogP contribution is -2.23. The summed E-state index contributed by atoms with van der Waals surface area (Å²) in [4.78, 5) is 31.4. The van der Waals surface area contributed by atoms with Gasteiger partial charge >= 0.3 is 0 Å². The quantitative estimate of drug-likeness (QED) is 0.775. The molecule has 2 N–H and O–H groups in total. The Morgan fingerprint density at radius 2 is 1.92 bits per heavy atom. The molecule has 0 saturated heterocycles. The number of aryl methyl sites for hydroxylation is 1. The van der Waals surface area contributed by atoms with Gasteiger partial charge < -0.3 is 10.3 Å². The van der Waals surface area contributed by atoms with Crippen molar-refractivity contribution in [2.24, 2.45) is 0 Å². The molecule has 120 valence electrons. The molecule has 0 spiro atoms. The third-order valence-corrected chi connectivity index (χ3v) is 3.71. The fourth-order valence-electron chi connectivity index (χ4n) is 2.38. The Balaban J connectivity index is 1.84. The largest absolute Gasteiger partial charge is 0.321 e. The SMILES string of the molecule is CCc1ccnc(NC(=O)c2ccc(-c3ccccc3)[nH]c2=O)c1. The molecule has 0 saturated carbocycles. The summed E-state index contributed by atoms with van der Waals surface area (Å²) in [5, 5.41) is 2.66. The molecule has 3 aromatic rings. The Morgan fingerprint density at radius 1 is 1.12 bits per heavy atom. The number of benzene rings is 1. The van der Waals surface area contributed by atoms with E-state index in [0.717, 1.165) is 17.5 Å². The molecule has 3 rings (SSSR count). The van der Waals surface area contributed by atoms with Crippen LogP contribution in [-0.2, 0) is 6.42 Å². The van der Waals surface area contributed by atoms with Crippen molar-refractivity contribution in [2.45, 2.75) is 13.3 Å². The monoisotopic (exact) mass is 319 g/mol. The second-order valence-electron chi connectivity index (χ2n) is 5.34. The Morgan fingerprint density at radius 3 is 2.62 bits per heavy atom. The number of anilines is 1. The van der Waals surface area contributed by atoms with Gasteiger partial charge in [0.1, 0.15) is 11.4 Å². The third kappa shape index (κ3) is 3.41. The second-order valence-corrected chi connectivity index (χ2v) is 5.34. The van der Waals surface area contributed by atoms with Crippen LogP contribution >= 0.6 is 0 Å². The van der Waals surface area contributed by atoms with E-state index in [1.54, 1.807) is 18.3 Å². The van der Waals surface area contributed by atoms with Crippen molar-refractivity contribution in [3.63, 3.8) is 0 Å². The first-order chi connectivity index (χ1) is 11.7. The van der Waals surface area contributed by atoms with Crippen LogP contribution < -0.4 is 10.9 Å². The average Bonchev–Trinajstić information content (AvgIpc) is 2.62. The van der Waals surface area contributed by atoms with Gasteiger partial charge in [0.2, 0.25) is 0 Å². The molecule has 1 aromatic carbocycles. The second kappa shape index (κ2) is 6.91. The number of carbonyl (C=O) groups is 1. The number of pyridine rings is 2. The van der Waals surface area contributed by atoms with Crippen molar-refractivity contribution in [1.29, 1.82) is 0 Å². The highest BCUT2D eigenvalue weighted by molar-refractivity contribution is 6.03. The Bertz CT molecular complexity index is 917. The smallest absolute Gasteiger partial charge is 0.262 e. The fourth-order valence-corrected chi connectivity index (χ4v) is 2.38. The number of amides is 1. The summed E-state index contributed by atoms with van der Waals surface area (Å²) in [5.74, 6) is -0.0394. The number of nitrogens with one attached hydrogen (secondary N) is 2. The number of hydrogen-bond acceptors (Lipinski definition) is 3. The van der Waals surface area contributed by atoms with Gasteiger partial charge in [-0.15, -0.1) is 0 Å². The summed E-state index contributed by atoms with van der Waals surface area (Å²) < 4.78 is 0. The van der Waals surface area contributed by atoms with Crippen LogP contribution in [-0.4, -0.2) is 15.9 Å². The Hall–Kier alpha value is -3.21. The predicted octanol–water partition coefficient (Wildman–Crippen LogP) is 3.25. The highest BCUT2D eigenvalue weighted by Gasteiger charge is 2.12. The maximum absolute atomic E-state index is 12.3. The number of rotatable bonds is 4. The molecule has 2 heterocycles. The Kier molecular flexibility index (Phi) is 4.52. The zero-order valence-corrected chi connectivity index (χ0v) is 13.2. The van der Waals surface area contributed by atoms with Crippen molar-refractivity contribution in [1.82, 2.24) is 9.97 Å². The van der Waals surface area contributed by atoms with Crippen LogP contribution in [0.5, 0.6) is 0 Å². The summed E-state index contributed by atoms with van der Waals surface area (Å²) in [6.45, 7) is 2.02. The van der Waals surface area contributed by atoms with Gasteiger partial charge in [0.05, 0.1) is 0 Å². The van der Waals surface area contributed by atoms with Gasteiger partial charge in [-0.3, -0.25) is 9.59 Å². The summed E-state index contributed by atoms with van der Waals surface area (Å²) >= 11 is 0. The molecule has 0 aliphatic rings. The molecule has 0 atom stereocenters. The van der Waals surface area contributed by atoms with Gasteiger partial charge in [0.15, 0.2) is 0 Å². The van der Waals surface area contributed by atoms with Crippen molar-refractivity contribution < 1.29 is 4.79 Å². The van der Waals surface area contributed by atoms with Crippen molar-refractivity contribution in [3.05, 3.63) is 82.3 Å². The van der Waals surface area contributed by atoms with E-state index in [1.807, 2.05) is 43.3 Å². The van der Waals surface area contributed by atoms with E-state index in [2.05, 4.69) is 15.3 Å². The van der Waals surface area contributed by atoms with Crippen LogP contribution in [0.1, 0.15) is 22.8 Å². The van der Waals surface area contributed by atoms with Gasteiger partial charge in [0.25, 0.3) is 11.5 Å². The van der Waals surface area contributed by atoms with Crippen LogP contribution in [0.15, 0.2) is 65.6 Å². The minimum atomic E-state index is -0.475. The molecule has 0 bridgehead atoms. The molecular formula is C19H17N3O2. The van der Waals surface area contributed by atoms with Gasteiger partial charge in [-0.05, 0) is 41.8 Å². The van der Waals surface area contributed by atoms with E-state index in [1.165, 1.54) is 6.07 Å². The maximum atomic E-state index is 12.3. The Labute approximate surface area is 139 Å². The first-order valence-electron chi connectivity index (χ1n) is 7.72. The molecule has 5 heteroatoms. The van der Waals surface area contributed by atoms with Crippen LogP contribution in [0.3, 0.4) is 0 Å². The highest BCUT2D eigenvalue weighted by atomic mass is 16.2. The molecule has 0 fully saturated rings. The topological polar surface area (TPSA) is 74.8 Å². The maximum Gasteiger partial charge on any atom is 0.262 e. The predicted molar refractivity (Wildman–Crippen MR) is 94.1 cm³/mol. The average molecular weight is 319 g/mol. The molecule has 5 nitrogen and oxygen atoms in total. The van der Waals surface area contributed by atoms with Crippen LogP contribution in [0.25, 0.3) is 11.3 Å². The molecule has 0 aliphatic heterocycles. The van der Waals surface area contributed by atoms with Crippen molar-refractivity contribution in [2.75, 3.05) is 5.32 Å². The highest BCUT2D eigenvalue weighted by Crippen LogP contribution is 2.15. The molecule has 0 aliphatic carbocycles. The summed E-state index contributed by atoms with van der Waals surface area (Å²) in [6.07, 6.45) is 2.48. The minimum Gasteiger partial charge on any atom is -0.321 e. The van der Waals surface area contributed by atoms with Crippen LogP contribution in [0.4, 0.5) is 5.82 Å². The van der Waals surface area contributed by atoms with Gasteiger partial charge in [-0.25, -0.2) is 4.98 Å². The number of carbonyl (C=O) groups excluding carboxylic acids is 1. The summed E-state index contributed by atoms with van der Waals surface area (Å²) in [7, 11) is 0. The minimum absolute atomic E-state index is 0.0541. The molecular weight excluding hydrogens is 302 g/mol. The van der Waals surface area contributed by atoms with Crippen molar-refractivity contribution >= 4 is 11.7 Å². The molecule has 1 amide bonds. The molecule has 0 radical (unpaired) electrons. The van der Waals surface area contributed by atoms with E-state index in [-0.39, 0.29) is 5.56 Å². The van der Waals surface area contributed by atoms with E-state index in [9.17, 15) is 9.59 Å². The van der Waals surface area contributed by atoms with E-state index in [0.29, 0.717) is 11.5 Å². The number of H-pyrrole nitrogens is 1. The standard InChI is InChI=1S/C19H17N3O2/c1-2-13-10-11-20-17(12-13)22-19(24)15-8-9-16(21-18(15)23)14-6-4-3-5-7-14/h3-12H,2H2,1H3,(H,21,23)(H,20,22,24). The van der Waals surface area contributed by atoms with Crippen LogP contribution in [0.2, 0.25) is 0 Å². The van der Waals surface area contributed by atoms with E-state index >= 15 is 0 Å². The molecule has 24 heavy (non-hydrogen) atoms. The first kappa shape index (κ1) is 15.7. The van der Waals surface area contributed by atoms with Crippen molar-refractivity contribution in [3.8, 4) is 11.3 Å². The third-order valence-electron chi connectivity index (χ3n) is 3.71.